The molecule has 0 aliphatic carbocycles. The summed E-state index contributed by atoms with van der Waals surface area (Å²) < 4.78 is 37.4. The van der Waals surface area contributed by atoms with Gasteiger partial charge in [0.2, 0.25) is 21.8 Å². The van der Waals surface area contributed by atoms with Gasteiger partial charge in [0.05, 0.1) is 36.2 Å². The molecule has 2 aromatic carbocycles. The first-order chi connectivity index (χ1) is 17.6. The van der Waals surface area contributed by atoms with Crippen molar-refractivity contribution < 1.29 is 27.5 Å². The van der Waals surface area contributed by atoms with Crippen molar-refractivity contribution in [3.8, 4) is 11.5 Å². The van der Waals surface area contributed by atoms with Crippen LogP contribution >= 0.6 is 23.2 Å². The Hall–Kier alpha value is -2.69. The predicted molar refractivity (Wildman–Crippen MR) is 151 cm³/mol. The second-order valence-electron chi connectivity index (χ2n) is 9.74. The minimum absolute atomic E-state index is 0.00135. The molecule has 1 N–H and O–H groups in total. The molecule has 2 aromatic rings. The molecular formula is C26H35Cl2N3O6S. The van der Waals surface area contributed by atoms with E-state index in [1.165, 1.54) is 25.2 Å². The van der Waals surface area contributed by atoms with Gasteiger partial charge in [-0.15, -0.1) is 0 Å². The molecule has 0 spiro atoms. The second-order valence-corrected chi connectivity index (χ2v) is 12.5. The summed E-state index contributed by atoms with van der Waals surface area (Å²) in [7, 11) is -1.12. The SMILES string of the molecule is CC[C@H](C(=O)NC(C)(C)C)N(Cc1ccc(Cl)c(Cl)c1)C(=O)CN(c1cc(OC)ccc1OC)S(C)(=O)=O. The average molecular weight is 589 g/mol. The molecule has 0 aliphatic rings. The van der Waals surface area contributed by atoms with Crippen LogP contribution in [0.5, 0.6) is 11.5 Å². The average Bonchev–Trinajstić information content (AvgIpc) is 2.82. The van der Waals surface area contributed by atoms with E-state index in [4.69, 9.17) is 32.7 Å². The van der Waals surface area contributed by atoms with Crippen molar-refractivity contribution in [1.82, 2.24) is 10.2 Å². The maximum atomic E-state index is 13.9. The molecule has 0 heterocycles. The molecule has 2 rings (SSSR count). The van der Waals surface area contributed by atoms with Gasteiger partial charge in [-0.1, -0.05) is 36.2 Å². The Morgan fingerprint density at radius 3 is 2.18 bits per heavy atom. The minimum Gasteiger partial charge on any atom is -0.497 e. The van der Waals surface area contributed by atoms with Crippen LogP contribution in [-0.2, 0) is 26.2 Å². The quantitative estimate of drug-likeness (QED) is 0.415. The maximum absolute atomic E-state index is 13.9. The molecule has 0 bridgehead atoms. The molecule has 12 heteroatoms. The topological polar surface area (TPSA) is 105 Å². The number of nitrogens with zero attached hydrogens (tertiary/aromatic N) is 2. The summed E-state index contributed by atoms with van der Waals surface area (Å²) in [5.74, 6) is -0.344. The maximum Gasteiger partial charge on any atom is 0.244 e. The van der Waals surface area contributed by atoms with E-state index in [1.54, 1.807) is 37.3 Å². The van der Waals surface area contributed by atoms with Crippen molar-refractivity contribution in [3.05, 3.63) is 52.0 Å². The van der Waals surface area contributed by atoms with E-state index in [1.807, 2.05) is 20.8 Å². The fraction of sp³-hybridized carbons (Fsp3) is 0.462. The third-order valence-corrected chi connectivity index (χ3v) is 7.42. The third-order valence-electron chi connectivity index (χ3n) is 5.55. The van der Waals surface area contributed by atoms with Gasteiger partial charge in [0.1, 0.15) is 24.1 Å². The molecular weight excluding hydrogens is 553 g/mol. The summed E-state index contributed by atoms with van der Waals surface area (Å²) in [6, 6.07) is 8.66. The standard InChI is InChI=1S/C26H35Cl2N3O6S/c1-8-21(25(33)29-26(2,3)4)30(15-17-9-11-19(27)20(28)13-17)24(32)16-31(38(7,34)35)22-14-18(36-5)10-12-23(22)37-6/h9-14,21H,8,15-16H2,1-7H3,(H,29,33)/t21-/m1/s1. The highest BCUT2D eigenvalue weighted by Gasteiger charge is 2.34. The van der Waals surface area contributed by atoms with E-state index < -0.39 is 34.1 Å². The number of methoxy groups -OCH3 is 2. The molecule has 0 saturated heterocycles. The van der Waals surface area contributed by atoms with Crippen molar-refractivity contribution in [2.45, 2.75) is 52.2 Å². The van der Waals surface area contributed by atoms with Crippen LogP contribution in [0, 0.1) is 0 Å². The van der Waals surface area contributed by atoms with Gasteiger partial charge in [-0.2, -0.15) is 0 Å². The lowest BCUT2D eigenvalue weighted by molar-refractivity contribution is -0.141. The number of amides is 2. The number of hydrogen-bond donors (Lipinski definition) is 1. The van der Waals surface area contributed by atoms with Gasteiger partial charge in [-0.25, -0.2) is 8.42 Å². The fourth-order valence-corrected chi connectivity index (χ4v) is 4.96. The fourth-order valence-electron chi connectivity index (χ4n) is 3.79. The number of rotatable bonds is 11. The first-order valence-corrected chi connectivity index (χ1v) is 14.5. The lowest BCUT2D eigenvalue weighted by Crippen LogP contribution is -2.55. The van der Waals surface area contributed by atoms with Gasteiger partial charge in [-0.05, 0) is 57.0 Å². The van der Waals surface area contributed by atoms with Gasteiger partial charge in [-0.3, -0.25) is 13.9 Å². The molecule has 0 saturated carbocycles. The minimum atomic E-state index is -3.96. The van der Waals surface area contributed by atoms with Crippen molar-refractivity contribution >= 4 is 50.7 Å². The summed E-state index contributed by atoms with van der Waals surface area (Å²) >= 11 is 12.3. The second kappa shape index (κ2) is 12.9. The highest BCUT2D eigenvalue weighted by atomic mass is 35.5. The van der Waals surface area contributed by atoms with Crippen LogP contribution < -0.4 is 19.1 Å². The molecule has 0 radical (unpaired) electrons. The molecule has 38 heavy (non-hydrogen) atoms. The lowest BCUT2D eigenvalue weighted by atomic mass is 10.1. The van der Waals surface area contributed by atoms with Crippen LogP contribution in [0.2, 0.25) is 10.0 Å². The number of sulfonamides is 1. The smallest absolute Gasteiger partial charge is 0.244 e. The summed E-state index contributed by atoms with van der Waals surface area (Å²) in [6.07, 6.45) is 1.28. The predicted octanol–water partition coefficient (Wildman–Crippen LogP) is 4.50. The lowest BCUT2D eigenvalue weighted by Gasteiger charge is -2.34. The van der Waals surface area contributed by atoms with Crippen molar-refractivity contribution in [3.63, 3.8) is 0 Å². The Morgan fingerprint density at radius 1 is 1.03 bits per heavy atom. The van der Waals surface area contributed by atoms with Gasteiger partial charge in [0.15, 0.2) is 0 Å². The Labute approximate surface area is 235 Å². The van der Waals surface area contributed by atoms with E-state index in [2.05, 4.69) is 5.32 Å². The largest absolute Gasteiger partial charge is 0.497 e. The molecule has 0 fully saturated rings. The van der Waals surface area contributed by atoms with Crippen molar-refractivity contribution in [2.24, 2.45) is 0 Å². The molecule has 210 valence electrons. The number of ether oxygens (including phenoxy) is 2. The zero-order valence-electron chi connectivity index (χ0n) is 22.7. The van der Waals surface area contributed by atoms with E-state index in [0.29, 0.717) is 21.4 Å². The molecule has 9 nitrogen and oxygen atoms in total. The van der Waals surface area contributed by atoms with E-state index in [9.17, 15) is 18.0 Å². The summed E-state index contributed by atoms with van der Waals surface area (Å²) in [5, 5.41) is 3.55. The normalized spacial score (nSPS) is 12.4. The monoisotopic (exact) mass is 587 g/mol. The van der Waals surface area contributed by atoms with Crippen molar-refractivity contribution in [2.75, 3.05) is 31.3 Å². The first kappa shape index (κ1) is 31.5. The third kappa shape index (κ3) is 8.41. The number of carbonyl (C=O) groups is 2. The Morgan fingerprint density at radius 2 is 1.68 bits per heavy atom. The van der Waals surface area contributed by atoms with Crippen molar-refractivity contribution in [1.29, 1.82) is 0 Å². The van der Waals surface area contributed by atoms with Crippen LogP contribution in [0.4, 0.5) is 5.69 Å². The molecule has 0 unspecified atom stereocenters. The Bertz CT molecular complexity index is 1260. The van der Waals surface area contributed by atoms with Crippen LogP contribution in [-0.4, -0.2) is 63.7 Å². The highest BCUT2D eigenvalue weighted by molar-refractivity contribution is 7.92. The number of halogens is 2. The van der Waals surface area contributed by atoms with Crippen LogP contribution in [0.1, 0.15) is 39.7 Å². The van der Waals surface area contributed by atoms with Crippen LogP contribution in [0.25, 0.3) is 0 Å². The number of carbonyl (C=O) groups excluding carboxylic acids is 2. The van der Waals surface area contributed by atoms with Crippen LogP contribution in [0.3, 0.4) is 0 Å². The Kier molecular flexibility index (Phi) is 10.7. The van der Waals surface area contributed by atoms with Gasteiger partial charge in [0.25, 0.3) is 0 Å². The zero-order valence-corrected chi connectivity index (χ0v) is 25.0. The van der Waals surface area contributed by atoms with Gasteiger partial charge >= 0.3 is 0 Å². The number of hydrogen-bond acceptors (Lipinski definition) is 6. The summed E-state index contributed by atoms with van der Waals surface area (Å²) in [4.78, 5) is 28.5. The molecule has 1 atom stereocenters. The number of nitrogens with one attached hydrogen (secondary N) is 1. The number of anilines is 1. The summed E-state index contributed by atoms with van der Waals surface area (Å²) in [5.41, 5.74) is 0.208. The summed E-state index contributed by atoms with van der Waals surface area (Å²) in [6.45, 7) is 6.71. The van der Waals surface area contributed by atoms with E-state index >= 15 is 0 Å². The highest BCUT2D eigenvalue weighted by Crippen LogP contribution is 2.34. The Balaban J connectivity index is 2.57. The molecule has 2 amide bonds. The van der Waals surface area contributed by atoms with Gasteiger partial charge < -0.3 is 19.7 Å². The zero-order chi connectivity index (χ0) is 28.8. The first-order valence-electron chi connectivity index (χ1n) is 11.9. The molecule has 0 aromatic heterocycles. The molecule has 0 aliphatic heterocycles. The van der Waals surface area contributed by atoms with E-state index in [0.717, 1.165) is 10.6 Å². The van der Waals surface area contributed by atoms with Crippen LogP contribution in [0.15, 0.2) is 36.4 Å². The van der Waals surface area contributed by atoms with Gasteiger partial charge in [0, 0.05) is 18.2 Å². The van der Waals surface area contributed by atoms with E-state index in [-0.39, 0.29) is 30.3 Å². The number of benzene rings is 2.